The molecule has 0 aliphatic heterocycles. The van der Waals surface area contributed by atoms with Crippen molar-refractivity contribution in [2.24, 2.45) is 0 Å². The molecular formula is C18H17ClN4O5S2. The Hall–Kier alpha value is -2.89. The zero-order valence-corrected chi connectivity index (χ0v) is 18.5. The molecular weight excluding hydrogens is 452 g/mol. The number of nitrogens with zero attached hydrogens (tertiary/aromatic N) is 2. The monoisotopic (exact) mass is 468 g/mol. The van der Waals surface area contributed by atoms with Crippen LogP contribution in [0.4, 0.5) is 10.8 Å². The van der Waals surface area contributed by atoms with Crippen LogP contribution in [-0.4, -0.2) is 38.7 Å². The average molecular weight is 469 g/mol. The highest BCUT2D eigenvalue weighted by atomic mass is 35.5. The summed E-state index contributed by atoms with van der Waals surface area (Å²) < 4.78 is 37.7. The average Bonchev–Trinajstić information content (AvgIpc) is 3.18. The van der Waals surface area contributed by atoms with E-state index in [0.29, 0.717) is 16.9 Å². The van der Waals surface area contributed by atoms with E-state index in [9.17, 15) is 13.2 Å². The molecule has 0 atom stereocenters. The number of anilines is 2. The van der Waals surface area contributed by atoms with E-state index >= 15 is 0 Å². The number of methoxy groups -OCH3 is 2. The van der Waals surface area contributed by atoms with Gasteiger partial charge in [-0.1, -0.05) is 40.6 Å². The molecule has 2 N–H and O–H groups in total. The van der Waals surface area contributed by atoms with Crippen LogP contribution in [0.3, 0.4) is 0 Å². The lowest BCUT2D eigenvalue weighted by molar-refractivity contribution is 0.102. The molecule has 3 aromatic rings. The highest BCUT2D eigenvalue weighted by Gasteiger charge is 2.24. The SMILES string of the molecule is COc1cc(NS(=O)(=O)c2nnc(NC(=O)c3ccc(C)cc3)s2)c(OC)cc1Cl. The molecule has 30 heavy (non-hydrogen) atoms. The molecule has 0 unspecified atom stereocenters. The van der Waals surface area contributed by atoms with E-state index < -0.39 is 15.9 Å². The van der Waals surface area contributed by atoms with Gasteiger partial charge in [-0.25, -0.2) is 0 Å². The highest BCUT2D eigenvalue weighted by molar-refractivity contribution is 7.94. The second-order valence-electron chi connectivity index (χ2n) is 5.99. The lowest BCUT2D eigenvalue weighted by atomic mass is 10.1. The van der Waals surface area contributed by atoms with Crippen LogP contribution in [0.15, 0.2) is 40.7 Å². The number of hydrogen-bond acceptors (Lipinski definition) is 8. The van der Waals surface area contributed by atoms with E-state index in [4.69, 9.17) is 21.1 Å². The first-order valence-electron chi connectivity index (χ1n) is 8.39. The van der Waals surface area contributed by atoms with Gasteiger partial charge < -0.3 is 9.47 Å². The predicted octanol–water partition coefficient (Wildman–Crippen LogP) is 3.57. The number of hydrogen-bond donors (Lipinski definition) is 2. The number of rotatable bonds is 7. The van der Waals surface area contributed by atoms with Crippen LogP contribution >= 0.6 is 22.9 Å². The van der Waals surface area contributed by atoms with Crippen molar-refractivity contribution in [3.8, 4) is 11.5 Å². The van der Waals surface area contributed by atoms with Crippen LogP contribution in [0, 0.1) is 6.92 Å². The van der Waals surface area contributed by atoms with Gasteiger partial charge in [-0.05, 0) is 19.1 Å². The summed E-state index contributed by atoms with van der Waals surface area (Å²) in [5.74, 6) is 0.0347. The minimum Gasteiger partial charge on any atom is -0.495 e. The number of ether oxygens (including phenoxy) is 2. The van der Waals surface area contributed by atoms with E-state index in [1.165, 1.54) is 26.4 Å². The molecule has 0 saturated heterocycles. The Bertz CT molecular complexity index is 1180. The quantitative estimate of drug-likeness (QED) is 0.508. The summed E-state index contributed by atoms with van der Waals surface area (Å²) in [4.78, 5) is 12.3. The molecule has 0 aliphatic carbocycles. The summed E-state index contributed by atoms with van der Waals surface area (Å²) in [6, 6.07) is 9.72. The zero-order valence-electron chi connectivity index (χ0n) is 16.1. The molecule has 1 heterocycles. The van der Waals surface area contributed by atoms with Gasteiger partial charge in [-0.2, -0.15) is 8.42 Å². The van der Waals surface area contributed by atoms with E-state index in [1.807, 2.05) is 6.92 Å². The molecule has 12 heteroatoms. The molecule has 0 radical (unpaired) electrons. The van der Waals surface area contributed by atoms with E-state index in [2.05, 4.69) is 20.2 Å². The number of benzene rings is 2. The Balaban J connectivity index is 1.80. The Labute approximate surface area is 182 Å². The second-order valence-corrected chi connectivity index (χ2v) is 9.23. The fourth-order valence-electron chi connectivity index (χ4n) is 2.37. The highest BCUT2D eigenvalue weighted by Crippen LogP contribution is 2.37. The summed E-state index contributed by atoms with van der Waals surface area (Å²) in [6.07, 6.45) is 0. The van der Waals surface area contributed by atoms with Gasteiger partial charge in [0.25, 0.3) is 20.3 Å². The number of sulfonamides is 1. The number of amides is 1. The molecule has 2 aromatic carbocycles. The summed E-state index contributed by atoms with van der Waals surface area (Å²) in [6.45, 7) is 1.90. The first-order valence-corrected chi connectivity index (χ1v) is 11.1. The van der Waals surface area contributed by atoms with Crippen molar-refractivity contribution in [1.82, 2.24) is 10.2 Å². The normalized spacial score (nSPS) is 11.1. The third-order valence-corrected chi connectivity index (χ3v) is 6.76. The van der Waals surface area contributed by atoms with Crippen molar-refractivity contribution in [1.29, 1.82) is 0 Å². The topological polar surface area (TPSA) is 120 Å². The summed E-state index contributed by atoms with van der Waals surface area (Å²) in [7, 11) is -1.33. The van der Waals surface area contributed by atoms with Gasteiger partial charge in [0.15, 0.2) is 0 Å². The van der Waals surface area contributed by atoms with E-state index in [1.54, 1.807) is 24.3 Å². The van der Waals surface area contributed by atoms with Gasteiger partial charge in [0.2, 0.25) is 5.13 Å². The molecule has 0 saturated carbocycles. The number of aryl methyl sites for hydroxylation is 1. The lowest BCUT2D eigenvalue weighted by Gasteiger charge is -2.13. The number of nitrogens with one attached hydrogen (secondary N) is 2. The summed E-state index contributed by atoms with van der Waals surface area (Å²) >= 11 is 6.75. The number of aromatic nitrogens is 2. The van der Waals surface area contributed by atoms with E-state index in [-0.39, 0.29) is 31.7 Å². The maximum Gasteiger partial charge on any atom is 0.291 e. The van der Waals surface area contributed by atoms with Crippen LogP contribution in [-0.2, 0) is 10.0 Å². The van der Waals surface area contributed by atoms with Crippen molar-refractivity contribution in [3.63, 3.8) is 0 Å². The van der Waals surface area contributed by atoms with Gasteiger partial charge in [-0.15, -0.1) is 10.2 Å². The van der Waals surface area contributed by atoms with Gasteiger partial charge >= 0.3 is 0 Å². The zero-order chi connectivity index (χ0) is 21.9. The first kappa shape index (κ1) is 21.8. The van der Waals surface area contributed by atoms with E-state index in [0.717, 1.165) is 5.56 Å². The summed E-state index contributed by atoms with van der Waals surface area (Å²) in [5, 5.41) is 10.2. The van der Waals surface area contributed by atoms with Crippen LogP contribution in [0.5, 0.6) is 11.5 Å². The molecule has 9 nitrogen and oxygen atoms in total. The molecule has 1 aromatic heterocycles. The largest absolute Gasteiger partial charge is 0.495 e. The van der Waals surface area contributed by atoms with Crippen molar-refractivity contribution in [2.75, 3.05) is 24.3 Å². The van der Waals surface area contributed by atoms with Crippen molar-refractivity contribution >= 4 is 49.7 Å². The molecule has 1 amide bonds. The Morgan fingerprint density at radius 2 is 1.73 bits per heavy atom. The number of halogens is 1. The van der Waals surface area contributed by atoms with Crippen LogP contribution in [0.25, 0.3) is 0 Å². The van der Waals surface area contributed by atoms with Crippen LogP contribution in [0.1, 0.15) is 15.9 Å². The van der Waals surface area contributed by atoms with Gasteiger partial charge in [0.05, 0.1) is 24.9 Å². The smallest absolute Gasteiger partial charge is 0.291 e. The van der Waals surface area contributed by atoms with Gasteiger partial charge in [0.1, 0.15) is 11.5 Å². The standard InChI is InChI=1S/C18H17ClN4O5S2/c1-10-4-6-11(7-5-10)16(24)20-17-21-22-18(29-17)30(25,26)23-13-9-14(27-2)12(19)8-15(13)28-3/h4-9,23H,1-3H3,(H,20,21,24). The molecule has 158 valence electrons. The van der Waals surface area contributed by atoms with Crippen molar-refractivity contribution < 1.29 is 22.7 Å². The molecule has 3 rings (SSSR count). The lowest BCUT2D eigenvalue weighted by Crippen LogP contribution is -2.13. The Morgan fingerprint density at radius 3 is 2.37 bits per heavy atom. The molecule has 0 aliphatic rings. The number of carbonyl (C=O) groups is 1. The fraction of sp³-hybridized carbons (Fsp3) is 0.167. The predicted molar refractivity (Wildman–Crippen MR) is 114 cm³/mol. The molecule has 0 bridgehead atoms. The minimum absolute atomic E-state index is 0.0431. The van der Waals surface area contributed by atoms with Crippen molar-refractivity contribution in [2.45, 2.75) is 11.3 Å². The first-order chi connectivity index (χ1) is 14.2. The Morgan fingerprint density at radius 1 is 1.07 bits per heavy atom. The Kier molecular flexibility index (Phi) is 6.44. The van der Waals surface area contributed by atoms with Gasteiger partial charge in [0, 0.05) is 17.7 Å². The number of carbonyl (C=O) groups excluding carboxylic acids is 1. The summed E-state index contributed by atoms with van der Waals surface area (Å²) in [5.41, 5.74) is 1.53. The van der Waals surface area contributed by atoms with Gasteiger partial charge in [-0.3, -0.25) is 14.8 Å². The van der Waals surface area contributed by atoms with Crippen molar-refractivity contribution in [3.05, 3.63) is 52.5 Å². The fourth-order valence-corrected chi connectivity index (χ4v) is 4.56. The maximum atomic E-state index is 12.7. The second kappa shape index (κ2) is 8.86. The van der Waals surface area contributed by atoms with Crippen LogP contribution in [0.2, 0.25) is 5.02 Å². The maximum absolute atomic E-state index is 12.7. The molecule has 0 spiro atoms. The minimum atomic E-state index is -4.10. The third kappa shape index (κ3) is 4.81. The molecule has 0 fully saturated rings. The van der Waals surface area contributed by atoms with Crippen LogP contribution < -0.4 is 19.5 Å². The third-order valence-electron chi connectivity index (χ3n) is 3.89.